The van der Waals surface area contributed by atoms with Gasteiger partial charge in [0.2, 0.25) is 5.91 Å². The molecule has 0 bridgehead atoms. The van der Waals surface area contributed by atoms with Gasteiger partial charge >= 0.3 is 0 Å². The van der Waals surface area contributed by atoms with Crippen LogP contribution in [0.4, 0.5) is 0 Å². The molecule has 1 aliphatic heterocycles. The molecule has 1 saturated heterocycles. The molecule has 4 rings (SSSR count). The third kappa shape index (κ3) is 2.58. The van der Waals surface area contributed by atoms with Crippen molar-refractivity contribution in [2.75, 3.05) is 13.1 Å². The molecule has 1 saturated carbocycles. The lowest BCUT2D eigenvalue weighted by Crippen LogP contribution is -2.41. The Morgan fingerprint density at radius 3 is 3.05 bits per heavy atom. The Hall–Kier alpha value is -1.62. The molecule has 0 unspecified atom stereocenters. The van der Waals surface area contributed by atoms with Crippen molar-refractivity contribution in [1.82, 2.24) is 14.7 Å². The second-order valence-corrected chi connectivity index (χ2v) is 7.78. The first-order valence-electron chi connectivity index (χ1n) is 8.06. The van der Waals surface area contributed by atoms with Crippen LogP contribution in [0.25, 0.3) is 0 Å². The van der Waals surface area contributed by atoms with Crippen molar-refractivity contribution in [2.45, 2.75) is 38.1 Å². The van der Waals surface area contributed by atoms with Crippen LogP contribution in [0.3, 0.4) is 0 Å². The first-order valence-corrected chi connectivity index (χ1v) is 8.88. The topological polar surface area (TPSA) is 38.1 Å². The summed E-state index contributed by atoms with van der Waals surface area (Å²) in [6.07, 6.45) is 7.04. The van der Waals surface area contributed by atoms with Crippen LogP contribution < -0.4 is 0 Å². The van der Waals surface area contributed by atoms with Gasteiger partial charge in [-0.05, 0) is 44.4 Å². The molecule has 2 fully saturated rings. The number of carbonyl (C=O) groups excluding carboxylic acids is 1. The van der Waals surface area contributed by atoms with Gasteiger partial charge in [-0.15, -0.1) is 11.3 Å². The summed E-state index contributed by atoms with van der Waals surface area (Å²) in [4.78, 5) is 17.6. The molecule has 5 heteroatoms. The van der Waals surface area contributed by atoms with Gasteiger partial charge in [0.15, 0.2) is 0 Å². The molecule has 1 aliphatic carbocycles. The van der Waals surface area contributed by atoms with Gasteiger partial charge in [0.1, 0.15) is 0 Å². The minimum atomic E-state index is 0.217. The molecule has 4 nitrogen and oxygen atoms in total. The average Bonchev–Trinajstić information content (AvgIpc) is 2.95. The Kier molecular flexibility index (Phi) is 3.53. The molecule has 3 atom stereocenters. The minimum absolute atomic E-state index is 0.217. The molecule has 22 heavy (non-hydrogen) atoms. The number of carbonyl (C=O) groups is 1. The van der Waals surface area contributed by atoms with Gasteiger partial charge in [-0.3, -0.25) is 9.48 Å². The molecular weight excluding hydrogens is 294 g/mol. The second-order valence-electron chi connectivity index (χ2n) is 6.46. The van der Waals surface area contributed by atoms with Crippen molar-refractivity contribution >= 4 is 17.2 Å². The number of nitrogens with zero attached hydrogens (tertiary/aromatic N) is 3. The number of hydrogen-bond donors (Lipinski definition) is 0. The van der Waals surface area contributed by atoms with Gasteiger partial charge in [0, 0.05) is 47.1 Å². The SMILES string of the molecule is Cc1ccc([C@@H]2C[C@H]2C(=O)N2CCC[C@@H](n3cccn3)C2)s1. The number of likely N-dealkylation sites (tertiary alicyclic amines) is 1. The predicted octanol–water partition coefficient (Wildman–Crippen LogP) is 3.22. The number of piperidine rings is 1. The average molecular weight is 315 g/mol. The van der Waals surface area contributed by atoms with E-state index < -0.39 is 0 Å². The fourth-order valence-electron chi connectivity index (χ4n) is 3.54. The third-order valence-corrected chi connectivity index (χ3v) is 5.97. The van der Waals surface area contributed by atoms with E-state index in [4.69, 9.17) is 0 Å². The van der Waals surface area contributed by atoms with Crippen LogP contribution in [0, 0.1) is 12.8 Å². The van der Waals surface area contributed by atoms with Gasteiger partial charge < -0.3 is 4.90 Å². The molecule has 2 aliphatic rings. The van der Waals surface area contributed by atoms with Gasteiger partial charge in [-0.25, -0.2) is 0 Å². The molecule has 1 amide bonds. The van der Waals surface area contributed by atoms with E-state index in [-0.39, 0.29) is 5.92 Å². The van der Waals surface area contributed by atoms with E-state index in [1.807, 2.05) is 34.5 Å². The van der Waals surface area contributed by atoms with Gasteiger partial charge in [-0.1, -0.05) is 0 Å². The van der Waals surface area contributed by atoms with Crippen molar-refractivity contribution in [2.24, 2.45) is 5.92 Å². The molecule has 0 aromatic carbocycles. The second kappa shape index (κ2) is 5.54. The lowest BCUT2D eigenvalue weighted by molar-refractivity contribution is -0.134. The zero-order valence-corrected chi connectivity index (χ0v) is 13.6. The number of amides is 1. The quantitative estimate of drug-likeness (QED) is 0.872. The summed E-state index contributed by atoms with van der Waals surface area (Å²) in [5.74, 6) is 1.04. The summed E-state index contributed by atoms with van der Waals surface area (Å²) >= 11 is 1.84. The van der Waals surface area contributed by atoms with Crippen molar-refractivity contribution in [1.29, 1.82) is 0 Å². The summed E-state index contributed by atoms with van der Waals surface area (Å²) in [7, 11) is 0. The molecule has 0 radical (unpaired) electrons. The van der Waals surface area contributed by atoms with E-state index in [9.17, 15) is 4.79 Å². The van der Waals surface area contributed by atoms with Crippen LogP contribution in [0.1, 0.15) is 41.0 Å². The number of aromatic nitrogens is 2. The molecule has 2 aromatic heterocycles. The van der Waals surface area contributed by atoms with Crippen molar-refractivity contribution in [3.8, 4) is 0 Å². The van der Waals surface area contributed by atoms with Crippen molar-refractivity contribution < 1.29 is 4.79 Å². The van der Waals surface area contributed by atoms with Crippen LogP contribution in [0.15, 0.2) is 30.6 Å². The molecular formula is C17H21N3OS. The normalized spacial score (nSPS) is 27.9. The molecule has 0 spiro atoms. The number of hydrogen-bond acceptors (Lipinski definition) is 3. The highest BCUT2D eigenvalue weighted by molar-refractivity contribution is 7.12. The van der Waals surface area contributed by atoms with E-state index >= 15 is 0 Å². The predicted molar refractivity (Wildman–Crippen MR) is 87.0 cm³/mol. The Morgan fingerprint density at radius 1 is 1.41 bits per heavy atom. The third-order valence-electron chi connectivity index (χ3n) is 4.84. The number of rotatable bonds is 3. The summed E-state index contributed by atoms with van der Waals surface area (Å²) in [5, 5.41) is 4.34. The monoisotopic (exact) mass is 315 g/mol. The van der Waals surface area contributed by atoms with Crippen molar-refractivity contribution in [3.05, 3.63) is 40.3 Å². The maximum Gasteiger partial charge on any atom is 0.226 e. The number of thiophene rings is 1. The van der Waals surface area contributed by atoms with Crippen molar-refractivity contribution in [3.63, 3.8) is 0 Å². The first-order chi connectivity index (χ1) is 10.7. The lowest BCUT2D eigenvalue weighted by atomic mass is 10.1. The van der Waals surface area contributed by atoms with E-state index in [0.717, 1.165) is 32.4 Å². The van der Waals surface area contributed by atoms with E-state index in [2.05, 4.69) is 29.1 Å². The smallest absolute Gasteiger partial charge is 0.226 e. The Morgan fingerprint density at radius 2 is 2.32 bits per heavy atom. The Balaban J connectivity index is 1.41. The maximum atomic E-state index is 12.8. The highest BCUT2D eigenvalue weighted by atomic mass is 32.1. The van der Waals surface area contributed by atoms with Crippen LogP contribution in [0.2, 0.25) is 0 Å². The minimum Gasteiger partial charge on any atom is -0.340 e. The maximum absolute atomic E-state index is 12.8. The molecule has 3 heterocycles. The molecule has 116 valence electrons. The molecule has 0 N–H and O–H groups in total. The van der Waals surface area contributed by atoms with Crippen LogP contribution in [-0.2, 0) is 4.79 Å². The summed E-state index contributed by atoms with van der Waals surface area (Å²) in [5.41, 5.74) is 0. The van der Waals surface area contributed by atoms with E-state index in [0.29, 0.717) is 17.9 Å². The van der Waals surface area contributed by atoms with Crippen LogP contribution >= 0.6 is 11.3 Å². The van der Waals surface area contributed by atoms with E-state index in [1.165, 1.54) is 9.75 Å². The van der Waals surface area contributed by atoms with Crippen LogP contribution in [-0.4, -0.2) is 33.7 Å². The Labute approximate surface area is 134 Å². The zero-order chi connectivity index (χ0) is 15.1. The summed E-state index contributed by atoms with van der Waals surface area (Å²) in [6, 6.07) is 6.65. The highest BCUT2D eigenvalue weighted by Gasteiger charge is 2.47. The summed E-state index contributed by atoms with van der Waals surface area (Å²) < 4.78 is 2.01. The van der Waals surface area contributed by atoms with E-state index in [1.54, 1.807) is 0 Å². The van der Waals surface area contributed by atoms with Gasteiger partial charge in [-0.2, -0.15) is 5.10 Å². The highest BCUT2D eigenvalue weighted by Crippen LogP contribution is 2.50. The summed E-state index contributed by atoms with van der Waals surface area (Å²) in [6.45, 7) is 3.85. The number of aryl methyl sites for hydroxylation is 1. The fourth-order valence-corrected chi connectivity index (χ4v) is 4.59. The largest absolute Gasteiger partial charge is 0.340 e. The van der Waals surface area contributed by atoms with Gasteiger partial charge in [0.05, 0.1) is 6.04 Å². The zero-order valence-electron chi connectivity index (χ0n) is 12.8. The standard InChI is InChI=1S/C17H21N3OS/c1-12-5-6-16(22-12)14-10-15(14)17(21)19-8-2-4-13(11-19)20-9-3-7-18-20/h3,5-7,9,13-15H,2,4,8,10-11H2,1H3/t13-,14-,15-/m1/s1. The first kappa shape index (κ1) is 14.0. The van der Waals surface area contributed by atoms with Crippen LogP contribution in [0.5, 0.6) is 0 Å². The Bertz CT molecular complexity index is 663. The fraction of sp³-hybridized carbons (Fsp3) is 0.529. The lowest BCUT2D eigenvalue weighted by Gasteiger charge is -2.33. The van der Waals surface area contributed by atoms with Gasteiger partial charge in [0.25, 0.3) is 0 Å². The molecule has 2 aromatic rings.